The normalized spacial score (nSPS) is 12.1. The molecule has 0 spiro atoms. The number of carboxylic acid groups (broad SMARTS) is 1. The molecule has 16 heteroatoms. The molecule has 6 nitrogen and oxygen atoms in total. The number of hydrogen-bond acceptors (Lipinski definition) is 4. The second kappa shape index (κ2) is 13.5. The van der Waals surface area contributed by atoms with Gasteiger partial charge in [0.25, 0.3) is 5.91 Å². The summed E-state index contributed by atoms with van der Waals surface area (Å²) in [7, 11) is 0. The maximum Gasteiger partial charge on any atom is 0.417 e. The van der Waals surface area contributed by atoms with Gasteiger partial charge in [0.05, 0.1) is 23.1 Å². The van der Waals surface area contributed by atoms with Crippen LogP contribution in [0.2, 0.25) is 5.02 Å². The summed E-state index contributed by atoms with van der Waals surface area (Å²) in [5.74, 6) is -1.86. The highest BCUT2D eigenvalue weighted by Crippen LogP contribution is 2.43. The van der Waals surface area contributed by atoms with E-state index in [1.54, 1.807) is 0 Å². The van der Waals surface area contributed by atoms with Crippen LogP contribution < -0.4 is 10.6 Å². The minimum atomic E-state index is -4.97. The molecule has 4 rings (SSSR count). The van der Waals surface area contributed by atoms with Gasteiger partial charge in [-0.2, -0.15) is 39.5 Å². The average molecular weight is 690 g/mol. The van der Waals surface area contributed by atoms with Crippen molar-refractivity contribution >= 4 is 29.2 Å². The lowest BCUT2D eigenvalue weighted by Gasteiger charge is -2.18. The third kappa shape index (κ3) is 8.73. The van der Waals surface area contributed by atoms with Crippen molar-refractivity contribution in [2.24, 2.45) is 0 Å². The standard InChI is InChI=1S/C31H21ClF9N3O3/c32-25-12-19(30(36,37)38)4-6-22(25)21-7-5-20(13-24(21)31(39,40)41)43-14-16-1-3-18(29(33,34)35)11-23(16)17-2-8-26(44-15-17)28(47)42-10-9-27(45)46/h1-8,11-13,15,43H,9-10,14H2,(H,42,47)(H,45,46). The number of nitrogens with one attached hydrogen (secondary N) is 2. The molecule has 0 bridgehead atoms. The lowest BCUT2D eigenvalue weighted by Crippen LogP contribution is -2.26. The SMILES string of the molecule is O=C(O)CCNC(=O)c1ccc(-c2cc(C(F)(F)F)ccc2CNc2ccc(-c3ccc(C(F)(F)F)cc3Cl)c(C(F)(F)F)c2)cn1. The molecule has 1 heterocycles. The molecule has 0 atom stereocenters. The lowest BCUT2D eigenvalue weighted by molar-refractivity contribution is -0.138. The van der Waals surface area contributed by atoms with E-state index in [1.807, 2.05) is 0 Å². The molecule has 0 aliphatic carbocycles. The molecule has 248 valence electrons. The summed E-state index contributed by atoms with van der Waals surface area (Å²) in [4.78, 5) is 26.8. The smallest absolute Gasteiger partial charge is 0.417 e. The van der Waals surface area contributed by atoms with E-state index >= 15 is 0 Å². The van der Waals surface area contributed by atoms with Gasteiger partial charge in [0.15, 0.2) is 0 Å². The van der Waals surface area contributed by atoms with E-state index in [4.69, 9.17) is 16.7 Å². The van der Waals surface area contributed by atoms with Gasteiger partial charge in [-0.3, -0.25) is 14.6 Å². The van der Waals surface area contributed by atoms with E-state index in [1.165, 1.54) is 18.2 Å². The second-order valence-electron chi connectivity index (χ2n) is 10.0. The van der Waals surface area contributed by atoms with Crippen LogP contribution in [0.15, 0.2) is 72.9 Å². The second-order valence-corrected chi connectivity index (χ2v) is 10.4. The summed E-state index contributed by atoms with van der Waals surface area (Å²) >= 11 is 5.94. The number of amides is 1. The number of nitrogens with zero attached hydrogens (tertiary/aromatic N) is 1. The molecular weight excluding hydrogens is 669 g/mol. The van der Waals surface area contributed by atoms with Crippen LogP contribution in [0.4, 0.5) is 45.2 Å². The zero-order chi connectivity index (χ0) is 34.7. The van der Waals surface area contributed by atoms with Gasteiger partial charge in [-0.25, -0.2) is 0 Å². The molecule has 0 radical (unpaired) electrons. The Labute approximate surface area is 265 Å². The number of anilines is 1. The fraction of sp³-hybridized carbons (Fsp3) is 0.194. The highest BCUT2D eigenvalue weighted by Gasteiger charge is 2.36. The number of carbonyl (C=O) groups excluding carboxylic acids is 1. The van der Waals surface area contributed by atoms with E-state index < -0.39 is 57.7 Å². The minimum absolute atomic E-state index is 0.00172. The predicted octanol–water partition coefficient (Wildman–Crippen LogP) is 8.94. The Morgan fingerprint density at radius 1 is 0.745 bits per heavy atom. The Balaban J connectivity index is 1.64. The highest BCUT2D eigenvalue weighted by molar-refractivity contribution is 6.33. The summed E-state index contributed by atoms with van der Waals surface area (Å²) in [5, 5.41) is 13.2. The van der Waals surface area contributed by atoms with Crippen LogP contribution >= 0.6 is 11.6 Å². The van der Waals surface area contributed by atoms with Gasteiger partial charge >= 0.3 is 24.5 Å². The summed E-state index contributed by atoms with van der Waals surface area (Å²) in [6.45, 7) is -0.460. The van der Waals surface area contributed by atoms with E-state index in [9.17, 15) is 49.1 Å². The Morgan fingerprint density at radius 3 is 1.96 bits per heavy atom. The number of carboxylic acids is 1. The van der Waals surface area contributed by atoms with E-state index in [0.29, 0.717) is 18.2 Å². The first-order valence-corrected chi connectivity index (χ1v) is 13.7. The first-order valence-electron chi connectivity index (χ1n) is 13.3. The average Bonchev–Trinajstić information content (AvgIpc) is 2.98. The first kappa shape index (κ1) is 35.1. The Kier molecular flexibility index (Phi) is 10.1. The number of alkyl halides is 9. The quantitative estimate of drug-likeness (QED) is 0.153. The zero-order valence-electron chi connectivity index (χ0n) is 23.5. The largest absolute Gasteiger partial charge is 0.481 e. The van der Waals surface area contributed by atoms with E-state index in [-0.39, 0.29) is 53.1 Å². The molecule has 0 saturated carbocycles. The van der Waals surface area contributed by atoms with Crippen LogP contribution in [0.3, 0.4) is 0 Å². The van der Waals surface area contributed by atoms with Gasteiger partial charge < -0.3 is 15.7 Å². The first-order chi connectivity index (χ1) is 21.8. The number of rotatable bonds is 9. The molecule has 1 amide bonds. The van der Waals surface area contributed by atoms with Gasteiger partial charge in [0.2, 0.25) is 0 Å². The van der Waals surface area contributed by atoms with Crippen molar-refractivity contribution in [1.82, 2.24) is 10.3 Å². The van der Waals surface area contributed by atoms with Crippen molar-refractivity contribution in [3.63, 3.8) is 0 Å². The Morgan fingerprint density at radius 2 is 1.38 bits per heavy atom. The molecule has 0 fully saturated rings. The summed E-state index contributed by atoms with van der Waals surface area (Å²) < 4.78 is 122. The molecule has 3 aromatic carbocycles. The van der Waals surface area contributed by atoms with Crippen molar-refractivity contribution in [2.75, 3.05) is 11.9 Å². The zero-order valence-corrected chi connectivity index (χ0v) is 24.3. The molecule has 0 aliphatic rings. The van der Waals surface area contributed by atoms with Crippen LogP contribution in [-0.4, -0.2) is 28.5 Å². The number of carbonyl (C=O) groups is 2. The molecule has 47 heavy (non-hydrogen) atoms. The third-order valence-electron chi connectivity index (χ3n) is 6.76. The van der Waals surface area contributed by atoms with E-state index in [2.05, 4.69) is 15.6 Å². The molecule has 0 unspecified atom stereocenters. The molecular formula is C31H21ClF9N3O3. The van der Waals surface area contributed by atoms with Gasteiger partial charge in [-0.05, 0) is 59.2 Å². The number of pyridine rings is 1. The number of hydrogen-bond donors (Lipinski definition) is 3. The van der Waals surface area contributed by atoms with Crippen LogP contribution in [-0.2, 0) is 29.9 Å². The van der Waals surface area contributed by atoms with Gasteiger partial charge in [0.1, 0.15) is 5.69 Å². The van der Waals surface area contributed by atoms with Crippen molar-refractivity contribution in [3.8, 4) is 22.3 Å². The van der Waals surface area contributed by atoms with Crippen LogP contribution in [0, 0.1) is 0 Å². The number of halogens is 10. The Bertz CT molecular complexity index is 1790. The summed E-state index contributed by atoms with van der Waals surface area (Å²) in [6, 6.07) is 10.1. The lowest BCUT2D eigenvalue weighted by atomic mass is 9.96. The van der Waals surface area contributed by atoms with E-state index in [0.717, 1.165) is 36.5 Å². The van der Waals surface area contributed by atoms with Crippen LogP contribution in [0.1, 0.15) is 39.2 Å². The van der Waals surface area contributed by atoms with Gasteiger partial charge in [0, 0.05) is 41.1 Å². The maximum absolute atomic E-state index is 14.1. The minimum Gasteiger partial charge on any atom is -0.481 e. The highest BCUT2D eigenvalue weighted by atomic mass is 35.5. The molecule has 4 aromatic rings. The molecule has 1 aromatic heterocycles. The fourth-order valence-electron chi connectivity index (χ4n) is 4.47. The van der Waals surface area contributed by atoms with Crippen molar-refractivity contribution in [1.29, 1.82) is 0 Å². The maximum atomic E-state index is 14.1. The fourth-order valence-corrected chi connectivity index (χ4v) is 4.75. The molecule has 0 saturated heterocycles. The monoisotopic (exact) mass is 689 g/mol. The number of aromatic nitrogens is 1. The van der Waals surface area contributed by atoms with Crippen LogP contribution in [0.25, 0.3) is 22.3 Å². The van der Waals surface area contributed by atoms with Crippen molar-refractivity contribution in [3.05, 3.63) is 106 Å². The van der Waals surface area contributed by atoms with Gasteiger partial charge in [-0.15, -0.1) is 0 Å². The predicted molar refractivity (Wildman–Crippen MR) is 153 cm³/mol. The third-order valence-corrected chi connectivity index (χ3v) is 7.08. The summed E-state index contributed by atoms with van der Waals surface area (Å²) in [5.41, 5.74) is -4.08. The van der Waals surface area contributed by atoms with Crippen molar-refractivity contribution < 1.29 is 54.2 Å². The molecule has 3 N–H and O–H groups in total. The van der Waals surface area contributed by atoms with Crippen LogP contribution in [0.5, 0.6) is 0 Å². The Hall–Kier alpha value is -4.79. The number of aliphatic carboxylic acids is 1. The number of benzene rings is 3. The topological polar surface area (TPSA) is 91.3 Å². The van der Waals surface area contributed by atoms with Gasteiger partial charge in [-0.1, -0.05) is 35.9 Å². The summed E-state index contributed by atoms with van der Waals surface area (Å²) in [6.07, 6.45) is -13.7. The van der Waals surface area contributed by atoms with Crippen molar-refractivity contribution in [2.45, 2.75) is 31.5 Å². The molecule has 0 aliphatic heterocycles.